The van der Waals surface area contributed by atoms with E-state index in [0.717, 1.165) is 38.3 Å². The molecule has 17 heavy (non-hydrogen) atoms. The fraction of sp³-hybridized carbons (Fsp3) is 0.500. The van der Waals surface area contributed by atoms with E-state index in [1.807, 2.05) is 6.92 Å². The zero-order valence-electron chi connectivity index (χ0n) is 9.64. The van der Waals surface area contributed by atoms with Crippen LogP contribution in [0.3, 0.4) is 0 Å². The summed E-state index contributed by atoms with van der Waals surface area (Å²) in [5.41, 5.74) is 0.475. The van der Waals surface area contributed by atoms with E-state index in [4.69, 9.17) is 0 Å². The summed E-state index contributed by atoms with van der Waals surface area (Å²) >= 11 is 0. The van der Waals surface area contributed by atoms with E-state index < -0.39 is 17.5 Å². The first kappa shape index (κ1) is 12.4. The van der Waals surface area contributed by atoms with Crippen LogP contribution in [-0.2, 0) is 0 Å². The summed E-state index contributed by atoms with van der Waals surface area (Å²) in [6, 6.07) is 2.04. The van der Waals surface area contributed by atoms with Crippen molar-refractivity contribution in [3.63, 3.8) is 0 Å². The lowest BCUT2D eigenvalue weighted by atomic mass is 10.1. The summed E-state index contributed by atoms with van der Waals surface area (Å²) < 4.78 is 39.1. The third-order valence-electron chi connectivity index (χ3n) is 3.19. The summed E-state index contributed by atoms with van der Waals surface area (Å²) in [4.78, 5) is 2.11. The molecule has 0 saturated carbocycles. The molecule has 1 saturated heterocycles. The van der Waals surface area contributed by atoms with Crippen molar-refractivity contribution < 1.29 is 13.2 Å². The average Bonchev–Trinajstić information content (AvgIpc) is 2.35. The summed E-state index contributed by atoms with van der Waals surface area (Å²) in [7, 11) is 0. The van der Waals surface area contributed by atoms with Gasteiger partial charge < -0.3 is 5.32 Å². The Morgan fingerprint density at radius 1 is 1.12 bits per heavy atom. The van der Waals surface area contributed by atoms with Gasteiger partial charge in [-0.1, -0.05) is 0 Å². The third-order valence-corrected chi connectivity index (χ3v) is 3.19. The van der Waals surface area contributed by atoms with Crippen molar-refractivity contribution in [3.8, 4) is 0 Å². The van der Waals surface area contributed by atoms with Crippen LogP contribution < -0.4 is 5.32 Å². The predicted octanol–water partition coefficient (Wildman–Crippen LogP) is 2.07. The molecule has 1 fully saturated rings. The van der Waals surface area contributed by atoms with Crippen molar-refractivity contribution in [3.05, 3.63) is 35.1 Å². The summed E-state index contributed by atoms with van der Waals surface area (Å²) in [5.74, 6) is -3.65. The highest BCUT2D eigenvalue weighted by Crippen LogP contribution is 2.23. The highest BCUT2D eigenvalue weighted by Gasteiger charge is 2.20. The molecule has 0 aromatic heterocycles. The minimum atomic E-state index is -1.40. The maximum atomic E-state index is 13.1. The zero-order chi connectivity index (χ0) is 12.4. The molecule has 1 aliphatic heterocycles. The van der Waals surface area contributed by atoms with Crippen LogP contribution in [0, 0.1) is 17.5 Å². The van der Waals surface area contributed by atoms with Gasteiger partial charge in [-0.05, 0) is 24.6 Å². The van der Waals surface area contributed by atoms with Gasteiger partial charge in [0.15, 0.2) is 17.5 Å². The van der Waals surface area contributed by atoms with E-state index in [9.17, 15) is 13.2 Å². The van der Waals surface area contributed by atoms with Crippen molar-refractivity contribution in [2.24, 2.45) is 0 Å². The Bertz CT molecular complexity index is 380. The second kappa shape index (κ2) is 5.06. The molecule has 0 unspecified atom stereocenters. The fourth-order valence-electron chi connectivity index (χ4n) is 2.10. The van der Waals surface area contributed by atoms with Crippen molar-refractivity contribution in [2.75, 3.05) is 26.2 Å². The normalized spacial score (nSPS) is 19.3. The van der Waals surface area contributed by atoms with E-state index in [1.165, 1.54) is 0 Å². The molecule has 1 heterocycles. The van der Waals surface area contributed by atoms with Crippen LogP contribution in [0.4, 0.5) is 13.2 Å². The minimum absolute atomic E-state index is 0.110. The van der Waals surface area contributed by atoms with Crippen LogP contribution in [0.25, 0.3) is 0 Å². The Balaban J connectivity index is 2.21. The van der Waals surface area contributed by atoms with Gasteiger partial charge in [0.05, 0.1) is 0 Å². The first-order valence-corrected chi connectivity index (χ1v) is 5.69. The van der Waals surface area contributed by atoms with Gasteiger partial charge >= 0.3 is 0 Å². The molecule has 94 valence electrons. The molecular weight excluding hydrogens is 229 g/mol. The van der Waals surface area contributed by atoms with Crippen LogP contribution in [0.15, 0.2) is 12.1 Å². The number of hydrogen-bond donors (Lipinski definition) is 1. The van der Waals surface area contributed by atoms with E-state index in [1.54, 1.807) is 0 Å². The molecule has 0 amide bonds. The molecule has 0 bridgehead atoms. The SMILES string of the molecule is C[C@@H](c1cc(F)c(F)c(F)c1)N1CCNCC1. The number of nitrogens with one attached hydrogen (secondary N) is 1. The Hall–Kier alpha value is -1.07. The lowest BCUT2D eigenvalue weighted by molar-refractivity contribution is 0.184. The molecule has 1 aromatic carbocycles. The molecule has 1 atom stereocenters. The van der Waals surface area contributed by atoms with Gasteiger partial charge in [0.25, 0.3) is 0 Å². The van der Waals surface area contributed by atoms with E-state index in [0.29, 0.717) is 5.56 Å². The number of hydrogen-bond acceptors (Lipinski definition) is 2. The van der Waals surface area contributed by atoms with Crippen molar-refractivity contribution >= 4 is 0 Å². The minimum Gasteiger partial charge on any atom is -0.314 e. The Morgan fingerprint density at radius 2 is 1.65 bits per heavy atom. The van der Waals surface area contributed by atoms with Gasteiger partial charge in [-0.25, -0.2) is 13.2 Å². The number of nitrogens with zero attached hydrogens (tertiary/aromatic N) is 1. The second-order valence-electron chi connectivity index (χ2n) is 4.26. The molecule has 2 nitrogen and oxygen atoms in total. The first-order chi connectivity index (χ1) is 8.09. The third kappa shape index (κ3) is 2.61. The number of halogens is 3. The Kier molecular flexibility index (Phi) is 3.69. The summed E-state index contributed by atoms with van der Waals surface area (Å²) in [6.07, 6.45) is 0. The molecule has 1 aromatic rings. The quantitative estimate of drug-likeness (QED) is 0.801. The van der Waals surface area contributed by atoms with Crippen LogP contribution in [0.5, 0.6) is 0 Å². The van der Waals surface area contributed by atoms with Crippen molar-refractivity contribution in [2.45, 2.75) is 13.0 Å². The average molecular weight is 244 g/mol. The first-order valence-electron chi connectivity index (χ1n) is 5.69. The molecule has 2 rings (SSSR count). The van der Waals surface area contributed by atoms with Gasteiger partial charge in [-0.2, -0.15) is 0 Å². The smallest absolute Gasteiger partial charge is 0.194 e. The lowest BCUT2D eigenvalue weighted by Gasteiger charge is -2.33. The Labute approximate surface area is 98.4 Å². The van der Waals surface area contributed by atoms with Crippen LogP contribution in [-0.4, -0.2) is 31.1 Å². The summed E-state index contributed by atoms with van der Waals surface area (Å²) in [5, 5.41) is 3.20. The van der Waals surface area contributed by atoms with Crippen LogP contribution >= 0.6 is 0 Å². The molecule has 0 aliphatic carbocycles. The fourth-order valence-corrected chi connectivity index (χ4v) is 2.10. The maximum absolute atomic E-state index is 13.1. The largest absolute Gasteiger partial charge is 0.314 e. The maximum Gasteiger partial charge on any atom is 0.194 e. The molecule has 0 spiro atoms. The molecule has 0 radical (unpaired) electrons. The van der Waals surface area contributed by atoms with Gasteiger partial charge in [-0.15, -0.1) is 0 Å². The standard InChI is InChI=1S/C12H15F3N2/c1-8(17-4-2-16-3-5-17)9-6-10(13)12(15)11(14)7-9/h6-8,16H,2-5H2,1H3/t8-/m0/s1. The van der Waals surface area contributed by atoms with Gasteiger partial charge in [0, 0.05) is 32.2 Å². The lowest BCUT2D eigenvalue weighted by Crippen LogP contribution is -2.44. The monoisotopic (exact) mass is 244 g/mol. The van der Waals surface area contributed by atoms with E-state index in [2.05, 4.69) is 10.2 Å². The van der Waals surface area contributed by atoms with Gasteiger partial charge in [0.2, 0.25) is 0 Å². The molecular formula is C12H15F3N2. The molecule has 1 N–H and O–H groups in total. The van der Waals surface area contributed by atoms with Crippen LogP contribution in [0.1, 0.15) is 18.5 Å². The van der Waals surface area contributed by atoms with Crippen molar-refractivity contribution in [1.29, 1.82) is 0 Å². The summed E-state index contributed by atoms with van der Waals surface area (Å²) in [6.45, 7) is 5.23. The number of benzene rings is 1. The number of rotatable bonds is 2. The van der Waals surface area contributed by atoms with Crippen molar-refractivity contribution in [1.82, 2.24) is 10.2 Å². The van der Waals surface area contributed by atoms with Gasteiger partial charge in [-0.3, -0.25) is 4.90 Å². The zero-order valence-corrected chi connectivity index (χ0v) is 9.64. The second-order valence-corrected chi connectivity index (χ2v) is 4.26. The molecule has 5 heteroatoms. The Morgan fingerprint density at radius 3 is 2.18 bits per heavy atom. The highest BCUT2D eigenvalue weighted by molar-refractivity contribution is 5.22. The molecule has 1 aliphatic rings. The van der Waals surface area contributed by atoms with E-state index >= 15 is 0 Å². The van der Waals surface area contributed by atoms with Crippen LogP contribution in [0.2, 0.25) is 0 Å². The highest BCUT2D eigenvalue weighted by atomic mass is 19.2. The topological polar surface area (TPSA) is 15.3 Å². The number of piperazine rings is 1. The van der Waals surface area contributed by atoms with E-state index in [-0.39, 0.29) is 6.04 Å². The van der Waals surface area contributed by atoms with Gasteiger partial charge in [0.1, 0.15) is 0 Å². The predicted molar refractivity (Wildman–Crippen MR) is 59.2 cm³/mol.